The molecule has 0 aromatic heterocycles. The van der Waals surface area contributed by atoms with Crippen molar-refractivity contribution in [3.05, 3.63) is 71.3 Å². The predicted octanol–water partition coefficient (Wildman–Crippen LogP) is 4.16. The normalized spacial score (nSPS) is 14.3. The zero-order valence-corrected chi connectivity index (χ0v) is 16.5. The summed E-state index contributed by atoms with van der Waals surface area (Å²) in [6.07, 6.45) is 0.632. The van der Waals surface area contributed by atoms with Crippen molar-refractivity contribution >= 4 is 24.0 Å². The van der Waals surface area contributed by atoms with Gasteiger partial charge in [0, 0.05) is 24.1 Å². The Hall–Kier alpha value is -2.41. The van der Waals surface area contributed by atoms with E-state index in [0.717, 1.165) is 19.6 Å². The molecule has 0 amide bonds. The second-order valence-corrected chi connectivity index (χ2v) is 6.40. The van der Waals surface area contributed by atoms with Gasteiger partial charge in [0.25, 0.3) is 0 Å². The van der Waals surface area contributed by atoms with Crippen molar-refractivity contribution in [2.24, 2.45) is 0 Å². The number of ketones is 2. The van der Waals surface area contributed by atoms with Crippen LogP contribution < -0.4 is 0 Å². The van der Waals surface area contributed by atoms with Gasteiger partial charge in [0.05, 0.1) is 0 Å². The summed E-state index contributed by atoms with van der Waals surface area (Å²) in [5, 5.41) is 0. The van der Waals surface area contributed by atoms with Gasteiger partial charge in [-0.1, -0.05) is 74.4 Å². The summed E-state index contributed by atoms with van der Waals surface area (Å²) in [6.45, 7) is 6.99. The van der Waals surface area contributed by atoms with Crippen molar-refractivity contribution in [1.82, 2.24) is 4.90 Å². The number of halogens is 1. The number of hydrogen-bond acceptors (Lipinski definition) is 3. The average molecular weight is 382 g/mol. The highest BCUT2D eigenvalue weighted by Gasteiger charge is 2.53. The Morgan fingerprint density at radius 3 is 1.89 bits per heavy atom. The van der Waals surface area contributed by atoms with Gasteiger partial charge in [0.1, 0.15) is 0 Å². The summed E-state index contributed by atoms with van der Waals surface area (Å²) in [5.74, 6) is 5.80. The maximum absolute atomic E-state index is 13.2. The van der Waals surface area contributed by atoms with Crippen molar-refractivity contribution < 1.29 is 9.59 Å². The maximum Gasteiger partial charge on any atom is 0.194 e. The SMILES string of the molecule is CCN(CC)CCC#CC1(c2ccccc2)C(=O)c2ccccc2C1=O.Cl. The molecule has 3 rings (SSSR count). The zero-order valence-electron chi connectivity index (χ0n) is 15.7. The quantitative estimate of drug-likeness (QED) is 0.576. The fraction of sp³-hybridized carbons (Fsp3) is 0.304. The van der Waals surface area contributed by atoms with Crippen LogP contribution in [0.3, 0.4) is 0 Å². The molecule has 3 nitrogen and oxygen atoms in total. The van der Waals surface area contributed by atoms with Crippen LogP contribution in [0.1, 0.15) is 46.5 Å². The van der Waals surface area contributed by atoms with Crippen LogP contribution in [-0.4, -0.2) is 36.1 Å². The fourth-order valence-electron chi connectivity index (χ4n) is 3.47. The Bertz CT molecular complexity index is 841. The van der Waals surface area contributed by atoms with Crippen LogP contribution >= 0.6 is 12.4 Å². The van der Waals surface area contributed by atoms with Gasteiger partial charge in [-0.2, -0.15) is 0 Å². The first-order chi connectivity index (χ1) is 12.6. The fourth-order valence-corrected chi connectivity index (χ4v) is 3.47. The molecule has 2 aromatic carbocycles. The highest BCUT2D eigenvalue weighted by molar-refractivity contribution is 6.35. The molecule has 2 aromatic rings. The van der Waals surface area contributed by atoms with Gasteiger partial charge in [0.2, 0.25) is 0 Å². The molecule has 0 atom stereocenters. The highest BCUT2D eigenvalue weighted by Crippen LogP contribution is 2.39. The van der Waals surface area contributed by atoms with Gasteiger partial charge in [-0.15, -0.1) is 18.3 Å². The lowest BCUT2D eigenvalue weighted by atomic mass is 9.76. The smallest absolute Gasteiger partial charge is 0.194 e. The Morgan fingerprint density at radius 1 is 0.852 bits per heavy atom. The van der Waals surface area contributed by atoms with Gasteiger partial charge in [-0.05, 0) is 18.7 Å². The van der Waals surface area contributed by atoms with Crippen LogP contribution in [0, 0.1) is 11.8 Å². The summed E-state index contributed by atoms with van der Waals surface area (Å²) in [7, 11) is 0. The number of carbonyl (C=O) groups is 2. The first-order valence-corrected chi connectivity index (χ1v) is 9.11. The van der Waals surface area contributed by atoms with Crippen LogP contribution in [-0.2, 0) is 5.41 Å². The Labute approximate surface area is 167 Å². The van der Waals surface area contributed by atoms with E-state index in [4.69, 9.17) is 0 Å². The Morgan fingerprint density at radius 2 is 1.37 bits per heavy atom. The molecule has 140 valence electrons. The topological polar surface area (TPSA) is 37.4 Å². The molecule has 27 heavy (non-hydrogen) atoms. The first kappa shape index (κ1) is 20.9. The average Bonchev–Trinajstić information content (AvgIpc) is 2.91. The Kier molecular flexibility index (Phi) is 6.96. The molecule has 1 aliphatic carbocycles. The van der Waals surface area contributed by atoms with E-state index in [9.17, 15) is 9.59 Å². The second kappa shape index (κ2) is 8.99. The van der Waals surface area contributed by atoms with Crippen LogP contribution in [0.25, 0.3) is 0 Å². The summed E-state index contributed by atoms with van der Waals surface area (Å²) >= 11 is 0. The number of benzene rings is 2. The minimum absolute atomic E-state index is 0. The van der Waals surface area contributed by atoms with Crippen molar-refractivity contribution in [3.63, 3.8) is 0 Å². The standard InChI is InChI=1S/C23H23NO2.ClH/c1-3-24(4-2)17-11-10-16-23(18-12-6-5-7-13-18)21(25)19-14-8-9-15-20(19)22(23)26;/h5-9,12-15H,3-4,11,17H2,1-2H3;1H. The van der Waals surface area contributed by atoms with Gasteiger partial charge in [0.15, 0.2) is 17.0 Å². The van der Waals surface area contributed by atoms with E-state index < -0.39 is 5.41 Å². The molecule has 0 spiro atoms. The van der Waals surface area contributed by atoms with Crippen LogP contribution in [0.15, 0.2) is 54.6 Å². The van der Waals surface area contributed by atoms with Crippen molar-refractivity contribution in [2.45, 2.75) is 25.7 Å². The van der Waals surface area contributed by atoms with Crippen molar-refractivity contribution in [3.8, 4) is 11.8 Å². The lowest BCUT2D eigenvalue weighted by molar-refractivity contribution is 0.0842. The number of Topliss-reactive ketones (excluding diaryl/α,β-unsaturated/α-hetero) is 2. The number of nitrogens with zero attached hydrogens (tertiary/aromatic N) is 1. The van der Waals surface area contributed by atoms with Gasteiger partial charge >= 0.3 is 0 Å². The molecule has 0 aliphatic heterocycles. The molecule has 4 heteroatoms. The molecule has 1 aliphatic rings. The van der Waals surface area contributed by atoms with E-state index in [1.807, 2.05) is 30.3 Å². The summed E-state index contributed by atoms with van der Waals surface area (Å²) < 4.78 is 0. The summed E-state index contributed by atoms with van der Waals surface area (Å²) in [6, 6.07) is 16.2. The second-order valence-electron chi connectivity index (χ2n) is 6.40. The van der Waals surface area contributed by atoms with E-state index in [1.165, 1.54) is 0 Å². The van der Waals surface area contributed by atoms with Gasteiger partial charge in [-0.3, -0.25) is 9.59 Å². The molecule has 0 N–H and O–H groups in total. The molecule has 0 unspecified atom stereocenters. The van der Waals surface area contributed by atoms with E-state index >= 15 is 0 Å². The monoisotopic (exact) mass is 381 g/mol. The van der Waals surface area contributed by atoms with Gasteiger partial charge in [-0.25, -0.2) is 0 Å². The zero-order chi connectivity index (χ0) is 18.6. The molecule has 0 saturated heterocycles. The Balaban J connectivity index is 0.00000261. The molecule has 0 heterocycles. The third-order valence-electron chi connectivity index (χ3n) is 5.03. The predicted molar refractivity (Wildman–Crippen MR) is 111 cm³/mol. The van der Waals surface area contributed by atoms with E-state index in [2.05, 4.69) is 30.6 Å². The van der Waals surface area contributed by atoms with Crippen molar-refractivity contribution in [1.29, 1.82) is 0 Å². The number of fused-ring (bicyclic) bond motifs is 1. The van der Waals surface area contributed by atoms with Crippen LogP contribution in [0.2, 0.25) is 0 Å². The third kappa shape index (κ3) is 3.69. The van der Waals surface area contributed by atoms with Crippen molar-refractivity contribution in [2.75, 3.05) is 19.6 Å². The lowest BCUT2D eigenvalue weighted by Gasteiger charge is -2.20. The molecular weight excluding hydrogens is 358 g/mol. The van der Waals surface area contributed by atoms with E-state index in [0.29, 0.717) is 23.1 Å². The molecular formula is C23H24ClNO2. The largest absolute Gasteiger partial charge is 0.303 e. The summed E-state index contributed by atoms with van der Waals surface area (Å²) in [5.41, 5.74) is 0.189. The summed E-state index contributed by atoms with van der Waals surface area (Å²) in [4.78, 5) is 28.7. The maximum atomic E-state index is 13.2. The number of carbonyl (C=O) groups excluding carboxylic acids is 2. The van der Waals surface area contributed by atoms with Crippen LogP contribution in [0.4, 0.5) is 0 Å². The minimum Gasteiger partial charge on any atom is -0.303 e. The minimum atomic E-state index is -1.41. The first-order valence-electron chi connectivity index (χ1n) is 9.11. The molecule has 0 saturated carbocycles. The molecule has 0 radical (unpaired) electrons. The molecule has 0 fully saturated rings. The lowest BCUT2D eigenvalue weighted by Crippen LogP contribution is -2.37. The number of rotatable bonds is 5. The highest BCUT2D eigenvalue weighted by atomic mass is 35.5. The van der Waals surface area contributed by atoms with Crippen LogP contribution in [0.5, 0.6) is 0 Å². The number of hydrogen-bond donors (Lipinski definition) is 0. The molecule has 0 bridgehead atoms. The van der Waals surface area contributed by atoms with E-state index in [-0.39, 0.29) is 24.0 Å². The third-order valence-corrected chi connectivity index (χ3v) is 5.03. The van der Waals surface area contributed by atoms with E-state index in [1.54, 1.807) is 24.3 Å². The van der Waals surface area contributed by atoms with Gasteiger partial charge < -0.3 is 4.90 Å².